The molecule has 4 heterocycles. The summed E-state index contributed by atoms with van der Waals surface area (Å²) in [7, 11) is 0. The van der Waals surface area contributed by atoms with E-state index in [9.17, 15) is 4.79 Å². The van der Waals surface area contributed by atoms with Crippen LogP contribution >= 0.6 is 0 Å². The van der Waals surface area contributed by atoms with E-state index in [4.69, 9.17) is 4.42 Å². The van der Waals surface area contributed by atoms with Crippen LogP contribution in [0.15, 0.2) is 22.8 Å². The molecule has 0 saturated carbocycles. The topological polar surface area (TPSA) is 76.2 Å². The minimum atomic E-state index is -0.0703. The zero-order chi connectivity index (χ0) is 17.4. The van der Waals surface area contributed by atoms with E-state index >= 15 is 0 Å². The summed E-state index contributed by atoms with van der Waals surface area (Å²) in [6, 6.07) is 3.75. The number of urea groups is 1. The predicted octanol–water partition coefficient (Wildman–Crippen LogP) is 3.38. The molecule has 7 heteroatoms. The van der Waals surface area contributed by atoms with E-state index in [1.54, 1.807) is 6.26 Å². The zero-order valence-electron chi connectivity index (χ0n) is 14.8. The van der Waals surface area contributed by atoms with Gasteiger partial charge in [0, 0.05) is 19.0 Å². The number of rotatable bonds is 3. The van der Waals surface area contributed by atoms with Crippen LogP contribution in [-0.4, -0.2) is 32.2 Å². The molecule has 0 unspecified atom stereocenters. The van der Waals surface area contributed by atoms with Gasteiger partial charge < -0.3 is 14.6 Å². The predicted molar refractivity (Wildman–Crippen MR) is 92.0 cm³/mol. The molecule has 1 N–H and O–H groups in total. The van der Waals surface area contributed by atoms with Crippen LogP contribution < -0.4 is 5.32 Å². The number of aryl methyl sites for hydroxylation is 1. The van der Waals surface area contributed by atoms with Crippen molar-refractivity contribution in [3.8, 4) is 0 Å². The number of fused-ring (bicyclic) bond motifs is 1. The molecule has 2 atom stereocenters. The molecule has 1 saturated heterocycles. The first-order valence-corrected chi connectivity index (χ1v) is 9.18. The van der Waals surface area contributed by atoms with Crippen molar-refractivity contribution in [3.05, 3.63) is 35.8 Å². The molecule has 0 aromatic carbocycles. The molecule has 2 amide bonds. The van der Waals surface area contributed by atoms with Gasteiger partial charge in [-0.3, -0.25) is 0 Å². The molecular formula is C18H25N5O2. The van der Waals surface area contributed by atoms with Gasteiger partial charge in [-0.25, -0.2) is 14.5 Å². The first-order valence-electron chi connectivity index (χ1n) is 9.18. The first kappa shape index (κ1) is 16.2. The van der Waals surface area contributed by atoms with E-state index in [1.807, 2.05) is 21.7 Å². The SMILES string of the molecule is CC(C)c1nc2n(n1)CCC[C@@H]2NC(=O)N1CCC[C@H]1c1ccco1. The zero-order valence-corrected chi connectivity index (χ0v) is 14.8. The minimum Gasteiger partial charge on any atom is -0.467 e. The van der Waals surface area contributed by atoms with Crippen LogP contribution in [0.2, 0.25) is 0 Å². The Kier molecular flexibility index (Phi) is 4.23. The van der Waals surface area contributed by atoms with Crippen molar-refractivity contribution in [3.63, 3.8) is 0 Å². The normalized spacial score (nSPS) is 23.1. The number of likely N-dealkylation sites (tertiary alicyclic amines) is 1. The lowest BCUT2D eigenvalue weighted by Crippen LogP contribution is -2.42. The molecule has 4 rings (SSSR count). The fourth-order valence-corrected chi connectivity index (χ4v) is 3.77. The fourth-order valence-electron chi connectivity index (χ4n) is 3.77. The van der Waals surface area contributed by atoms with E-state index in [0.29, 0.717) is 0 Å². The van der Waals surface area contributed by atoms with Gasteiger partial charge >= 0.3 is 6.03 Å². The Hall–Kier alpha value is -2.31. The number of amides is 2. The standard InChI is InChI=1S/C18H25N5O2/c1-12(2)16-20-17-13(6-3-10-23(17)21-16)19-18(24)22-9-4-7-14(22)15-8-5-11-25-15/h5,8,11-14H,3-4,6-7,9-10H2,1-2H3,(H,19,24)/t13-,14-/m0/s1. The highest BCUT2D eigenvalue weighted by Crippen LogP contribution is 2.33. The van der Waals surface area contributed by atoms with E-state index in [0.717, 1.165) is 56.2 Å². The smallest absolute Gasteiger partial charge is 0.318 e. The molecule has 2 aliphatic rings. The van der Waals surface area contributed by atoms with Gasteiger partial charge in [0.25, 0.3) is 0 Å². The summed E-state index contributed by atoms with van der Waals surface area (Å²) < 4.78 is 7.48. The Bertz CT molecular complexity index is 737. The third-order valence-corrected chi connectivity index (χ3v) is 5.09. The lowest BCUT2D eigenvalue weighted by Gasteiger charge is -2.28. The van der Waals surface area contributed by atoms with Gasteiger partial charge in [0.05, 0.1) is 18.3 Å². The highest BCUT2D eigenvalue weighted by Gasteiger charge is 2.34. The number of carbonyl (C=O) groups excluding carboxylic acids is 1. The monoisotopic (exact) mass is 343 g/mol. The fraction of sp³-hybridized carbons (Fsp3) is 0.611. The summed E-state index contributed by atoms with van der Waals surface area (Å²) in [5.41, 5.74) is 0. The van der Waals surface area contributed by atoms with E-state index in [1.165, 1.54) is 0 Å². The third kappa shape index (κ3) is 3.03. The Morgan fingerprint density at radius 2 is 2.16 bits per heavy atom. The lowest BCUT2D eigenvalue weighted by atomic mass is 10.1. The van der Waals surface area contributed by atoms with Gasteiger partial charge in [0.2, 0.25) is 0 Å². The van der Waals surface area contributed by atoms with Gasteiger partial charge in [-0.2, -0.15) is 5.10 Å². The summed E-state index contributed by atoms with van der Waals surface area (Å²) in [5, 5.41) is 7.77. The van der Waals surface area contributed by atoms with Gasteiger partial charge in [0.15, 0.2) is 5.82 Å². The van der Waals surface area contributed by atoms with Crippen LogP contribution in [0.1, 0.15) is 74.9 Å². The lowest BCUT2D eigenvalue weighted by molar-refractivity contribution is 0.179. The summed E-state index contributed by atoms with van der Waals surface area (Å²) in [4.78, 5) is 19.5. The Labute approximate surface area is 147 Å². The number of aromatic nitrogens is 3. The number of furan rings is 1. The molecule has 0 aliphatic carbocycles. The van der Waals surface area contributed by atoms with Crippen molar-refractivity contribution in [2.75, 3.05) is 6.54 Å². The molecule has 134 valence electrons. The summed E-state index contributed by atoms with van der Waals surface area (Å²) in [6.07, 6.45) is 5.51. The Morgan fingerprint density at radius 3 is 2.92 bits per heavy atom. The van der Waals surface area contributed by atoms with E-state index in [2.05, 4.69) is 29.2 Å². The molecule has 25 heavy (non-hydrogen) atoms. The minimum absolute atomic E-state index is 0.0303. The third-order valence-electron chi connectivity index (χ3n) is 5.09. The number of carbonyl (C=O) groups is 1. The maximum atomic E-state index is 12.9. The van der Waals surface area contributed by atoms with Gasteiger partial charge in [-0.05, 0) is 37.8 Å². The van der Waals surface area contributed by atoms with Crippen LogP contribution in [0, 0.1) is 0 Å². The molecule has 2 aromatic rings. The Morgan fingerprint density at radius 1 is 1.32 bits per heavy atom. The highest BCUT2D eigenvalue weighted by molar-refractivity contribution is 5.75. The van der Waals surface area contributed by atoms with Crippen molar-refractivity contribution in [1.82, 2.24) is 25.0 Å². The molecule has 2 aromatic heterocycles. The van der Waals surface area contributed by atoms with Crippen LogP contribution in [0.25, 0.3) is 0 Å². The maximum absolute atomic E-state index is 12.9. The summed E-state index contributed by atoms with van der Waals surface area (Å²) >= 11 is 0. The second-order valence-corrected chi connectivity index (χ2v) is 7.22. The molecule has 2 aliphatic heterocycles. The highest BCUT2D eigenvalue weighted by atomic mass is 16.3. The van der Waals surface area contributed by atoms with Crippen molar-refractivity contribution in [2.45, 2.75) is 64.1 Å². The van der Waals surface area contributed by atoms with E-state index in [-0.39, 0.29) is 24.0 Å². The van der Waals surface area contributed by atoms with Crippen molar-refractivity contribution in [2.24, 2.45) is 0 Å². The molecule has 7 nitrogen and oxygen atoms in total. The molecule has 0 radical (unpaired) electrons. The molecule has 0 bridgehead atoms. The van der Waals surface area contributed by atoms with Crippen molar-refractivity contribution < 1.29 is 9.21 Å². The van der Waals surface area contributed by atoms with Crippen LogP contribution in [0.5, 0.6) is 0 Å². The van der Waals surface area contributed by atoms with Crippen molar-refractivity contribution in [1.29, 1.82) is 0 Å². The van der Waals surface area contributed by atoms with Crippen molar-refractivity contribution >= 4 is 6.03 Å². The number of nitrogens with zero attached hydrogens (tertiary/aromatic N) is 4. The summed E-state index contributed by atoms with van der Waals surface area (Å²) in [5.74, 6) is 2.89. The second kappa shape index (κ2) is 6.54. The first-order chi connectivity index (χ1) is 12.1. The number of hydrogen-bond acceptors (Lipinski definition) is 4. The van der Waals surface area contributed by atoms with Crippen LogP contribution in [-0.2, 0) is 6.54 Å². The van der Waals surface area contributed by atoms with Crippen LogP contribution in [0.4, 0.5) is 4.79 Å². The quantitative estimate of drug-likeness (QED) is 0.927. The Balaban J connectivity index is 1.50. The van der Waals surface area contributed by atoms with Gasteiger partial charge in [-0.1, -0.05) is 13.8 Å². The largest absolute Gasteiger partial charge is 0.467 e. The second-order valence-electron chi connectivity index (χ2n) is 7.22. The van der Waals surface area contributed by atoms with Gasteiger partial charge in [-0.15, -0.1) is 0 Å². The molecular weight excluding hydrogens is 318 g/mol. The van der Waals surface area contributed by atoms with Crippen LogP contribution in [0.3, 0.4) is 0 Å². The van der Waals surface area contributed by atoms with E-state index < -0.39 is 0 Å². The average Bonchev–Trinajstić information content (AvgIpc) is 3.33. The number of nitrogens with one attached hydrogen (secondary N) is 1. The summed E-state index contributed by atoms with van der Waals surface area (Å²) in [6.45, 7) is 5.81. The van der Waals surface area contributed by atoms with Gasteiger partial charge in [0.1, 0.15) is 11.6 Å². The molecule has 1 fully saturated rings. The molecule has 0 spiro atoms. The number of hydrogen-bond donors (Lipinski definition) is 1. The maximum Gasteiger partial charge on any atom is 0.318 e. The average molecular weight is 343 g/mol.